The number of benzene rings is 3. The third-order valence-electron chi connectivity index (χ3n) is 5.81. The minimum absolute atomic E-state index is 0.0791. The monoisotopic (exact) mass is 417 g/mol. The van der Waals surface area contributed by atoms with E-state index in [-0.39, 0.29) is 30.4 Å². The number of aliphatic hydroxyl groups excluding tert-OH is 1. The minimum Gasteiger partial charge on any atom is -0.394 e. The first-order valence-electron chi connectivity index (χ1n) is 10.3. The van der Waals surface area contributed by atoms with Crippen molar-refractivity contribution in [2.45, 2.75) is 19.1 Å². The fraction of sp³-hybridized carbons (Fsp3) is 0.250. The number of aromatic nitrogens is 2. The number of hydrogen-bond donors (Lipinski definition) is 3. The molecule has 0 bridgehead atoms. The summed E-state index contributed by atoms with van der Waals surface area (Å²) in [5, 5.41) is 11.3. The maximum Gasteiger partial charge on any atom is 0.323 e. The van der Waals surface area contributed by atoms with Gasteiger partial charge >= 0.3 is 5.69 Å². The van der Waals surface area contributed by atoms with Crippen LogP contribution in [0.2, 0.25) is 0 Å². The third kappa shape index (κ3) is 3.41. The number of amides is 1. The highest BCUT2D eigenvalue weighted by atomic mass is 16.5. The summed E-state index contributed by atoms with van der Waals surface area (Å²) < 4.78 is 5.68. The van der Waals surface area contributed by atoms with Gasteiger partial charge in [-0.25, -0.2) is 4.79 Å². The molecule has 3 N–H and O–H groups in total. The van der Waals surface area contributed by atoms with Crippen LogP contribution in [0.3, 0.4) is 0 Å². The Labute approximate surface area is 178 Å². The Morgan fingerprint density at radius 1 is 1.03 bits per heavy atom. The van der Waals surface area contributed by atoms with Gasteiger partial charge in [0.25, 0.3) is 5.91 Å². The van der Waals surface area contributed by atoms with Crippen molar-refractivity contribution in [3.63, 3.8) is 0 Å². The topological polar surface area (TPSA) is 98.4 Å². The van der Waals surface area contributed by atoms with Gasteiger partial charge in [0.15, 0.2) is 0 Å². The van der Waals surface area contributed by atoms with E-state index >= 15 is 0 Å². The lowest BCUT2D eigenvalue weighted by molar-refractivity contribution is -0.0858. The number of imidazole rings is 1. The van der Waals surface area contributed by atoms with E-state index in [1.807, 2.05) is 61.5 Å². The molecule has 158 valence electrons. The number of carbonyl (C=O) groups excluding carboxylic acids is 1. The molecule has 31 heavy (non-hydrogen) atoms. The van der Waals surface area contributed by atoms with Crippen molar-refractivity contribution in [2.24, 2.45) is 0 Å². The zero-order valence-electron chi connectivity index (χ0n) is 17.1. The van der Waals surface area contributed by atoms with E-state index in [0.29, 0.717) is 18.7 Å². The van der Waals surface area contributed by atoms with Crippen molar-refractivity contribution in [3.05, 3.63) is 70.6 Å². The number of carbonyl (C=O) groups is 1. The van der Waals surface area contributed by atoms with Gasteiger partial charge in [0, 0.05) is 24.2 Å². The van der Waals surface area contributed by atoms with Gasteiger partial charge < -0.3 is 24.7 Å². The van der Waals surface area contributed by atoms with E-state index < -0.39 is 0 Å². The van der Waals surface area contributed by atoms with E-state index in [0.717, 1.165) is 32.9 Å². The molecule has 5 rings (SSSR count). The number of rotatable bonds is 3. The summed E-state index contributed by atoms with van der Waals surface area (Å²) >= 11 is 0. The SMILES string of the molecule is C[C@H]1CN(C(=O)c2cccc3c(-c4cccc5[nH]c(=O)[nH]c45)cccc23)C[C@@H](CO)O1. The van der Waals surface area contributed by atoms with Crippen LogP contribution in [0.1, 0.15) is 17.3 Å². The number of hydrogen-bond acceptors (Lipinski definition) is 4. The Balaban J connectivity index is 1.63. The lowest BCUT2D eigenvalue weighted by Gasteiger charge is -2.36. The van der Waals surface area contributed by atoms with Crippen molar-refractivity contribution >= 4 is 27.7 Å². The summed E-state index contributed by atoms with van der Waals surface area (Å²) in [5.74, 6) is -0.0791. The summed E-state index contributed by atoms with van der Waals surface area (Å²) in [6, 6.07) is 17.3. The lowest BCUT2D eigenvalue weighted by Crippen LogP contribution is -2.50. The maximum atomic E-state index is 13.4. The second-order valence-corrected chi connectivity index (χ2v) is 7.97. The number of nitrogens with one attached hydrogen (secondary N) is 2. The van der Waals surface area contributed by atoms with Gasteiger partial charge in [-0.2, -0.15) is 0 Å². The smallest absolute Gasteiger partial charge is 0.323 e. The molecule has 1 aromatic heterocycles. The van der Waals surface area contributed by atoms with E-state index in [9.17, 15) is 14.7 Å². The molecule has 0 unspecified atom stereocenters. The third-order valence-corrected chi connectivity index (χ3v) is 5.81. The van der Waals surface area contributed by atoms with Crippen LogP contribution in [0.25, 0.3) is 32.9 Å². The van der Waals surface area contributed by atoms with Gasteiger partial charge in [-0.3, -0.25) is 4.79 Å². The standard InChI is InChI=1S/C24H23N3O4/c1-14-11-27(12-15(13-28)31-14)23(29)20-9-3-5-16-17(6-2-7-18(16)20)19-8-4-10-21-22(19)26-24(30)25-21/h2-10,14-15,28H,11-13H2,1H3,(H2,25,26,30)/t14-,15-/m0/s1. The number of nitrogens with zero attached hydrogens (tertiary/aromatic N) is 1. The number of para-hydroxylation sites is 1. The zero-order valence-corrected chi connectivity index (χ0v) is 17.1. The molecule has 1 amide bonds. The molecule has 7 heteroatoms. The van der Waals surface area contributed by atoms with Gasteiger partial charge in [-0.1, -0.05) is 42.5 Å². The fourth-order valence-electron chi connectivity index (χ4n) is 4.50. The molecule has 0 radical (unpaired) electrons. The molecular weight excluding hydrogens is 394 g/mol. The molecule has 3 aromatic carbocycles. The predicted molar refractivity (Wildman–Crippen MR) is 119 cm³/mol. The van der Waals surface area contributed by atoms with Gasteiger partial charge in [-0.15, -0.1) is 0 Å². The van der Waals surface area contributed by atoms with Gasteiger partial charge in [-0.05, 0) is 35.4 Å². The number of fused-ring (bicyclic) bond motifs is 2. The maximum absolute atomic E-state index is 13.4. The highest BCUT2D eigenvalue weighted by Crippen LogP contribution is 2.34. The summed E-state index contributed by atoms with van der Waals surface area (Å²) in [6.45, 7) is 2.63. The molecule has 2 heterocycles. The molecule has 0 saturated carbocycles. The minimum atomic E-state index is -0.374. The normalized spacial score (nSPS) is 19.2. The first-order valence-corrected chi connectivity index (χ1v) is 10.3. The fourth-order valence-corrected chi connectivity index (χ4v) is 4.50. The number of morpholine rings is 1. The second kappa shape index (κ2) is 7.68. The molecule has 2 atom stereocenters. The van der Waals surface area contributed by atoms with Crippen molar-refractivity contribution in [1.29, 1.82) is 0 Å². The van der Waals surface area contributed by atoms with Crippen LogP contribution < -0.4 is 5.69 Å². The van der Waals surface area contributed by atoms with Crippen LogP contribution >= 0.6 is 0 Å². The molecule has 1 saturated heterocycles. The number of aliphatic hydroxyl groups is 1. The van der Waals surface area contributed by atoms with Gasteiger partial charge in [0.1, 0.15) is 0 Å². The molecule has 1 aliphatic rings. The quantitative estimate of drug-likeness (QED) is 0.477. The average Bonchev–Trinajstić information content (AvgIpc) is 3.17. The first-order chi connectivity index (χ1) is 15.0. The van der Waals surface area contributed by atoms with Crippen LogP contribution in [0.5, 0.6) is 0 Å². The molecule has 1 aliphatic heterocycles. The zero-order chi connectivity index (χ0) is 21.5. The summed E-state index contributed by atoms with van der Waals surface area (Å²) in [5.41, 5.74) is 3.68. The van der Waals surface area contributed by atoms with Crippen molar-refractivity contribution in [2.75, 3.05) is 19.7 Å². The second-order valence-electron chi connectivity index (χ2n) is 7.97. The molecule has 7 nitrogen and oxygen atoms in total. The lowest BCUT2D eigenvalue weighted by atomic mass is 9.94. The predicted octanol–water partition coefficient (Wildman–Crippen LogP) is 2.90. The Morgan fingerprint density at radius 3 is 2.61 bits per heavy atom. The Kier molecular flexibility index (Phi) is 4.84. The number of ether oxygens (including phenoxy) is 1. The van der Waals surface area contributed by atoms with Crippen LogP contribution in [0, 0.1) is 0 Å². The van der Waals surface area contributed by atoms with Crippen molar-refractivity contribution in [3.8, 4) is 11.1 Å². The molecule has 0 spiro atoms. The molecule has 0 aliphatic carbocycles. The van der Waals surface area contributed by atoms with E-state index in [1.54, 1.807) is 4.90 Å². The molecular formula is C24H23N3O4. The first kappa shape index (κ1) is 19.5. The van der Waals surface area contributed by atoms with Crippen LogP contribution in [-0.2, 0) is 4.74 Å². The summed E-state index contributed by atoms with van der Waals surface area (Å²) in [7, 11) is 0. The Hall–Kier alpha value is -3.42. The van der Waals surface area contributed by atoms with E-state index in [2.05, 4.69) is 9.97 Å². The largest absolute Gasteiger partial charge is 0.394 e. The number of aromatic amines is 2. The Morgan fingerprint density at radius 2 is 1.77 bits per heavy atom. The van der Waals surface area contributed by atoms with E-state index in [1.165, 1.54) is 0 Å². The van der Waals surface area contributed by atoms with Crippen LogP contribution in [0.15, 0.2) is 59.4 Å². The average molecular weight is 417 g/mol. The van der Waals surface area contributed by atoms with Crippen LogP contribution in [0.4, 0.5) is 0 Å². The van der Waals surface area contributed by atoms with E-state index in [4.69, 9.17) is 4.74 Å². The molecule has 1 fully saturated rings. The van der Waals surface area contributed by atoms with Gasteiger partial charge in [0.2, 0.25) is 0 Å². The molecule has 4 aromatic rings. The highest BCUT2D eigenvalue weighted by Gasteiger charge is 2.29. The van der Waals surface area contributed by atoms with Crippen molar-refractivity contribution in [1.82, 2.24) is 14.9 Å². The van der Waals surface area contributed by atoms with Crippen molar-refractivity contribution < 1.29 is 14.6 Å². The number of H-pyrrole nitrogens is 2. The highest BCUT2D eigenvalue weighted by molar-refractivity contribution is 6.12. The van der Waals surface area contributed by atoms with Crippen LogP contribution in [-0.4, -0.2) is 57.8 Å². The summed E-state index contributed by atoms with van der Waals surface area (Å²) in [4.78, 5) is 32.7. The summed E-state index contributed by atoms with van der Waals surface area (Å²) in [6.07, 6.45) is -0.510. The van der Waals surface area contributed by atoms with Gasteiger partial charge in [0.05, 0.1) is 29.8 Å². The Bertz CT molecular complexity index is 1340.